The minimum absolute atomic E-state index is 0.415. The minimum Gasteiger partial charge on any atom is -0.444 e. The van der Waals surface area contributed by atoms with Gasteiger partial charge in [0.25, 0.3) is 0 Å². The fraction of sp³-hybridized carbons (Fsp3) is 0.429. The van der Waals surface area contributed by atoms with Gasteiger partial charge in [0.15, 0.2) is 0 Å². The van der Waals surface area contributed by atoms with Crippen molar-refractivity contribution in [2.45, 2.75) is 38.8 Å². The second-order valence-electron chi connectivity index (χ2n) is 5.21. The molecule has 0 aromatic heterocycles. The van der Waals surface area contributed by atoms with Crippen LogP contribution in [0.1, 0.15) is 26.3 Å². The molecule has 0 saturated carbocycles. The summed E-state index contributed by atoms with van der Waals surface area (Å²) in [6.07, 6.45) is 1.27. The van der Waals surface area contributed by atoms with Crippen LogP contribution in [0.3, 0.4) is 0 Å². The summed E-state index contributed by atoms with van der Waals surface area (Å²) >= 11 is 0. The first-order valence-electron chi connectivity index (χ1n) is 6.12. The molecule has 104 valence electrons. The van der Waals surface area contributed by atoms with Crippen molar-refractivity contribution in [1.29, 1.82) is 0 Å². The number of alkyl carbamates (subject to hydrolysis) is 1. The molecule has 0 aliphatic heterocycles. The van der Waals surface area contributed by atoms with E-state index in [0.717, 1.165) is 5.56 Å². The number of benzene rings is 1. The average Bonchev–Trinajstić information content (AvgIpc) is 2.27. The lowest BCUT2D eigenvalue weighted by Gasteiger charge is -2.22. The largest absolute Gasteiger partial charge is 0.444 e. The highest BCUT2D eigenvalue weighted by atomic mass is 16.6. The molecule has 0 unspecified atom stereocenters. The van der Waals surface area contributed by atoms with Gasteiger partial charge in [0, 0.05) is 0 Å². The first-order chi connectivity index (χ1) is 8.90. The minimum atomic E-state index is -0.558. The number of hydrogen-bond acceptors (Lipinski definition) is 4. The Balaban J connectivity index is 2.61. The maximum Gasteiger partial charge on any atom is 0.408 e. The lowest BCUT2D eigenvalue weighted by atomic mass is 10.1. The van der Waals surface area contributed by atoms with Gasteiger partial charge in [-0.3, -0.25) is 0 Å². The Kier molecular flexibility index (Phi) is 5.36. The molecule has 0 saturated heterocycles. The van der Waals surface area contributed by atoms with Crippen molar-refractivity contribution >= 4 is 12.3 Å². The number of carbonyl (C=O) groups is 1. The van der Waals surface area contributed by atoms with E-state index < -0.39 is 17.7 Å². The van der Waals surface area contributed by atoms with Gasteiger partial charge in [-0.15, -0.1) is 0 Å². The van der Waals surface area contributed by atoms with Crippen molar-refractivity contribution < 1.29 is 14.7 Å². The van der Waals surface area contributed by atoms with Crippen molar-refractivity contribution in [3.05, 3.63) is 35.9 Å². The number of ether oxygens (including phenoxy) is 1. The Bertz CT molecular complexity index is 424. The van der Waals surface area contributed by atoms with Crippen LogP contribution in [0.4, 0.5) is 4.79 Å². The van der Waals surface area contributed by atoms with Crippen molar-refractivity contribution in [3.8, 4) is 0 Å². The van der Waals surface area contributed by atoms with Gasteiger partial charge in [-0.1, -0.05) is 35.5 Å². The zero-order valence-corrected chi connectivity index (χ0v) is 11.5. The summed E-state index contributed by atoms with van der Waals surface area (Å²) in [6, 6.07) is 9.21. The molecule has 0 fully saturated rings. The zero-order chi connectivity index (χ0) is 14.3. The van der Waals surface area contributed by atoms with Crippen LogP contribution in [0, 0.1) is 0 Å². The quantitative estimate of drug-likeness (QED) is 0.499. The fourth-order valence-electron chi connectivity index (χ4n) is 1.55. The predicted octanol–water partition coefficient (Wildman–Crippen LogP) is 2.58. The molecule has 0 aliphatic rings. The second kappa shape index (κ2) is 6.78. The van der Waals surface area contributed by atoms with Gasteiger partial charge in [-0.25, -0.2) is 4.79 Å². The lowest BCUT2D eigenvalue weighted by Crippen LogP contribution is -2.41. The number of oxime groups is 1. The Labute approximate surface area is 113 Å². The monoisotopic (exact) mass is 264 g/mol. The highest BCUT2D eigenvalue weighted by Gasteiger charge is 2.18. The summed E-state index contributed by atoms with van der Waals surface area (Å²) in [6.45, 7) is 5.37. The summed E-state index contributed by atoms with van der Waals surface area (Å²) in [5.41, 5.74) is 0.473. The summed E-state index contributed by atoms with van der Waals surface area (Å²) in [7, 11) is 0. The van der Waals surface area contributed by atoms with E-state index in [-0.39, 0.29) is 0 Å². The Morgan fingerprint density at radius 3 is 2.58 bits per heavy atom. The van der Waals surface area contributed by atoms with Gasteiger partial charge in [0.05, 0.1) is 12.3 Å². The second-order valence-corrected chi connectivity index (χ2v) is 5.21. The topological polar surface area (TPSA) is 70.9 Å². The van der Waals surface area contributed by atoms with Crippen molar-refractivity contribution in [1.82, 2.24) is 5.32 Å². The zero-order valence-electron chi connectivity index (χ0n) is 11.5. The van der Waals surface area contributed by atoms with Crippen LogP contribution < -0.4 is 5.32 Å². The van der Waals surface area contributed by atoms with Crippen molar-refractivity contribution in [2.24, 2.45) is 5.16 Å². The van der Waals surface area contributed by atoms with Crippen molar-refractivity contribution in [3.63, 3.8) is 0 Å². The standard InChI is InChI=1S/C14H20N2O3/c1-14(2,3)19-13(17)16-12(10-15-18)9-11-7-5-4-6-8-11/h4-8,10,12,18H,9H2,1-3H3,(H,16,17)/b15-10+/t12-/m1/s1. The molecule has 1 rings (SSSR count). The molecular weight excluding hydrogens is 244 g/mol. The van der Waals surface area contributed by atoms with Gasteiger partial charge in [-0.05, 0) is 32.8 Å². The molecular formula is C14H20N2O3. The normalized spacial score (nSPS) is 13.2. The molecule has 5 heteroatoms. The highest BCUT2D eigenvalue weighted by Crippen LogP contribution is 2.08. The van der Waals surface area contributed by atoms with Crippen LogP contribution >= 0.6 is 0 Å². The lowest BCUT2D eigenvalue weighted by molar-refractivity contribution is 0.0518. The van der Waals surface area contributed by atoms with E-state index in [4.69, 9.17) is 9.94 Å². The Morgan fingerprint density at radius 2 is 2.05 bits per heavy atom. The number of hydrogen-bond donors (Lipinski definition) is 2. The molecule has 0 spiro atoms. The van der Waals surface area contributed by atoms with Gasteiger partial charge in [0.1, 0.15) is 5.60 Å². The molecule has 1 aromatic rings. The number of carbonyl (C=O) groups excluding carboxylic acids is 1. The molecule has 1 aromatic carbocycles. The summed E-state index contributed by atoms with van der Waals surface area (Å²) in [4.78, 5) is 11.7. The van der Waals surface area contributed by atoms with E-state index >= 15 is 0 Å². The van der Waals surface area contributed by atoms with E-state index in [0.29, 0.717) is 6.42 Å². The third-order valence-corrected chi connectivity index (χ3v) is 2.25. The molecule has 0 radical (unpaired) electrons. The van der Waals surface area contributed by atoms with E-state index in [2.05, 4.69) is 10.5 Å². The summed E-state index contributed by atoms with van der Waals surface area (Å²) in [5, 5.41) is 14.3. The average molecular weight is 264 g/mol. The first kappa shape index (κ1) is 15.0. The Hall–Kier alpha value is -2.04. The molecule has 1 atom stereocenters. The summed E-state index contributed by atoms with van der Waals surface area (Å²) in [5.74, 6) is 0. The van der Waals surface area contributed by atoms with Crippen molar-refractivity contribution in [2.75, 3.05) is 0 Å². The molecule has 0 heterocycles. The van der Waals surface area contributed by atoms with Gasteiger partial charge in [0.2, 0.25) is 0 Å². The molecule has 19 heavy (non-hydrogen) atoms. The fourth-order valence-corrected chi connectivity index (χ4v) is 1.55. The highest BCUT2D eigenvalue weighted by molar-refractivity contribution is 5.75. The van der Waals surface area contributed by atoms with Crippen LogP contribution in [0.2, 0.25) is 0 Å². The molecule has 0 aliphatic carbocycles. The van der Waals surface area contributed by atoms with Crippen LogP contribution in [0.15, 0.2) is 35.5 Å². The van der Waals surface area contributed by atoms with Gasteiger partial charge >= 0.3 is 6.09 Å². The maximum atomic E-state index is 11.7. The van der Waals surface area contributed by atoms with Crippen LogP contribution in [-0.2, 0) is 11.2 Å². The van der Waals surface area contributed by atoms with E-state index in [1.54, 1.807) is 20.8 Å². The smallest absolute Gasteiger partial charge is 0.408 e. The van der Waals surface area contributed by atoms with Gasteiger partial charge in [-0.2, -0.15) is 0 Å². The number of nitrogens with zero attached hydrogens (tertiary/aromatic N) is 1. The molecule has 5 nitrogen and oxygen atoms in total. The van der Waals surface area contributed by atoms with Gasteiger partial charge < -0.3 is 15.3 Å². The number of rotatable bonds is 4. The molecule has 1 amide bonds. The number of nitrogens with one attached hydrogen (secondary N) is 1. The Morgan fingerprint density at radius 1 is 1.42 bits per heavy atom. The molecule has 2 N–H and O–H groups in total. The van der Waals surface area contributed by atoms with Crippen LogP contribution in [0.25, 0.3) is 0 Å². The summed E-state index contributed by atoms with van der Waals surface area (Å²) < 4.78 is 5.16. The van der Waals surface area contributed by atoms with E-state index in [1.165, 1.54) is 6.21 Å². The molecule has 0 bridgehead atoms. The SMILES string of the molecule is CC(C)(C)OC(=O)N[C@@H](/C=N/O)Cc1ccccc1. The van der Waals surface area contributed by atoms with E-state index in [9.17, 15) is 4.79 Å². The number of amides is 1. The first-order valence-corrected chi connectivity index (χ1v) is 6.12. The van der Waals surface area contributed by atoms with E-state index in [1.807, 2.05) is 30.3 Å². The van der Waals surface area contributed by atoms with Crippen LogP contribution in [-0.4, -0.2) is 29.2 Å². The maximum absolute atomic E-state index is 11.7. The third kappa shape index (κ3) is 6.45. The third-order valence-electron chi connectivity index (χ3n) is 2.25. The predicted molar refractivity (Wildman–Crippen MR) is 73.6 cm³/mol. The van der Waals surface area contributed by atoms with Crippen LogP contribution in [0.5, 0.6) is 0 Å².